The molecule has 6 atom stereocenters. The van der Waals surface area contributed by atoms with Crippen molar-refractivity contribution in [3.8, 4) is 0 Å². The van der Waals surface area contributed by atoms with E-state index in [1.54, 1.807) is 0 Å². The molecule has 0 aliphatic heterocycles. The summed E-state index contributed by atoms with van der Waals surface area (Å²) in [5.41, 5.74) is 1.34. The van der Waals surface area contributed by atoms with Crippen LogP contribution in [-0.4, -0.2) is 21.8 Å². The third kappa shape index (κ3) is 4.61. The van der Waals surface area contributed by atoms with E-state index in [9.17, 15) is 10.4 Å². The molecular formula is C22H40N2O2. The van der Waals surface area contributed by atoms with Crippen LogP contribution in [0.4, 0.5) is 0 Å². The molecule has 0 spiro atoms. The van der Waals surface area contributed by atoms with E-state index in [-0.39, 0.29) is 11.8 Å². The van der Waals surface area contributed by atoms with Crippen LogP contribution in [0.1, 0.15) is 80.1 Å². The van der Waals surface area contributed by atoms with E-state index in [0.717, 1.165) is 25.7 Å². The highest BCUT2D eigenvalue weighted by atomic mass is 16.4. The van der Waals surface area contributed by atoms with Crippen molar-refractivity contribution in [2.75, 3.05) is 0 Å². The zero-order valence-corrected chi connectivity index (χ0v) is 17.7. The molecule has 0 aromatic rings. The molecule has 6 unspecified atom stereocenters. The average Bonchev–Trinajstić information content (AvgIpc) is 2.58. The Hall–Kier alpha value is -1.06. The van der Waals surface area contributed by atoms with Gasteiger partial charge in [-0.15, -0.1) is 0 Å². The van der Waals surface area contributed by atoms with Crippen molar-refractivity contribution >= 4 is 11.4 Å². The highest BCUT2D eigenvalue weighted by Crippen LogP contribution is 2.43. The molecule has 0 aromatic carbocycles. The molecule has 150 valence electrons. The first-order chi connectivity index (χ1) is 12.3. The van der Waals surface area contributed by atoms with Gasteiger partial charge in [-0.05, 0) is 61.2 Å². The molecule has 0 amide bonds. The predicted octanol–water partition coefficient (Wildman–Crippen LogP) is 6.06. The number of hydrogen-bond donors (Lipinski definition) is 2. The summed E-state index contributed by atoms with van der Waals surface area (Å²) in [4.78, 5) is 0. The van der Waals surface area contributed by atoms with Crippen LogP contribution in [-0.2, 0) is 0 Å². The van der Waals surface area contributed by atoms with Crippen molar-refractivity contribution in [2.45, 2.75) is 80.1 Å². The Morgan fingerprint density at radius 2 is 1.04 bits per heavy atom. The standard InChI is InChI=1S/C22H40N2O2/c1-13(2)17-9-7-15(5)11-19(17)21(23-25)22(24-26)20-12-16(6)8-10-18(20)14(3)4/h13-20,25-26H,7-12H2,1-6H3. The van der Waals surface area contributed by atoms with Gasteiger partial charge in [-0.1, -0.05) is 64.7 Å². The summed E-state index contributed by atoms with van der Waals surface area (Å²) in [7, 11) is 0. The van der Waals surface area contributed by atoms with Crippen LogP contribution >= 0.6 is 0 Å². The van der Waals surface area contributed by atoms with Crippen LogP contribution in [0.15, 0.2) is 10.3 Å². The predicted molar refractivity (Wildman–Crippen MR) is 108 cm³/mol. The summed E-state index contributed by atoms with van der Waals surface area (Å²) in [5, 5.41) is 27.5. The van der Waals surface area contributed by atoms with Crippen molar-refractivity contribution in [1.82, 2.24) is 0 Å². The Bertz CT molecular complexity index is 466. The van der Waals surface area contributed by atoms with Crippen LogP contribution in [0.2, 0.25) is 0 Å². The molecule has 2 fully saturated rings. The molecule has 2 aliphatic carbocycles. The first-order valence-corrected chi connectivity index (χ1v) is 10.7. The molecule has 0 radical (unpaired) electrons. The monoisotopic (exact) mass is 364 g/mol. The molecule has 2 rings (SSSR count). The minimum atomic E-state index is 0.194. The van der Waals surface area contributed by atoms with Gasteiger partial charge in [0.2, 0.25) is 0 Å². The van der Waals surface area contributed by atoms with E-state index in [1.165, 1.54) is 12.8 Å². The summed E-state index contributed by atoms with van der Waals surface area (Å²) in [5.74, 6) is 3.69. The van der Waals surface area contributed by atoms with Crippen LogP contribution in [0.3, 0.4) is 0 Å². The topological polar surface area (TPSA) is 65.2 Å². The fraction of sp³-hybridized carbons (Fsp3) is 0.909. The Morgan fingerprint density at radius 3 is 1.31 bits per heavy atom. The van der Waals surface area contributed by atoms with E-state index in [4.69, 9.17) is 0 Å². The average molecular weight is 365 g/mol. The molecule has 0 saturated heterocycles. The zero-order valence-electron chi connectivity index (χ0n) is 17.7. The van der Waals surface area contributed by atoms with Crippen molar-refractivity contribution in [1.29, 1.82) is 0 Å². The summed E-state index contributed by atoms with van der Waals surface area (Å²) in [6, 6.07) is 0. The lowest BCUT2D eigenvalue weighted by Gasteiger charge is -2.41. The first kappa shape index (κ1) is 21.2. The van der Waals surface area contributed by atoms with Gasteiger partial charge in [-0.3, -0.25) is 0 Å². The largest absolute Gasteiger partial charge is 0.411 e. The van der Waals surface area contributed by atoms with Gasteiger partial charge in [0.05, 0.1) is 0 Å². The number of oxime groups is 2. The van der Waals surface area contributed by atoms with Gasteiger partial charge >= 0.3 is 0 Å². The third-order valence-electron chi connectivity index (χ3n) is 7.22. The molecule has 2 N–H and O–H groups in total. The molecular weight excluding hydrogens is 324 g/mol. The normalized spacial score (nSPS) is 37.4. The molecule has 2 saturated carbocycles. The number of nitrogens with zero attached hydrogens (tertiary/aromatic N) is 2. The summed E-state index contributed by atoms with van der Waals surface area (Å²) < 4.78 is 0. The molecule has 4 nitrogen and oxygen atoms in total. The van der Waals surface area contributed by atoms with Crippen LogP contribution in [0.5, 0.6) is 0 Å². The SMILES string of the molecule is CC1CCC(C(C)C)C(C(=NO)C(=NO)C2CC(C)CCC2C(C)C)C1. The highest BCUT2D eigenvalue weighted by Gasteiger charge is 2.42. The van der Waals surface area contributed by atoms with Gasteiger partial charge in [-0.2, -0.15) is 0 Å². The van der Waals surface area contributed by atoms with Crippen LogP contribution < -0.4 is 0 Å². The molecule has 0 aromatic heterocycles. The summed E-state index contributed by atoms with van der Waals surface area (Å²) in [6.07, 6.45) is 6.84. The number of hydrogen-bond acceptors (Lipinski definition) is 4. The van der Waals surface area contributed by atoms with Crippen LogP contribution in [0, 0.1) is 47.3 Å². The van der Waals surface area contributed by atoms with Gasteiger partial charge in [0.1, 0.15) is 11.4 Å². The Balaban J connectivity index is 2.35. The maximum Gasteiger partial charge on any atom is 0.108 e. The van der Waals surface area contributed by atoms with Gasteiger partial charge in [-0.25, -0.2) is 0 Å². The Kier molecular flexibility index (Phi) is 7.54. The van der Waals surface area contributed by atoms with E-state index in [2.05, 4.69) is 51.9 Å². The first-order valence-electron chi connectivity index (χ1n) is 10.7. The highest BCUT2D eigenvalue weighted by molar-refractivity contribution is 6.43. The lowest BCUT2D eigenvalue weighted by molar-refractivity contribution is 0.177. The molecule has 0 heterocycles. The number of rotatable bonds is 5. The van der Waals surface area contributed by atoms with Gasteiger partial charge in [0.25, 0.3) is 0 Å². The lowest BCUT2D eigenvalue weighted by atomic mass is 9.63. The quantitative estimate of drug-likeness (QED) is 0.353. The van der Waals surface area contributed by atoms with E-state index < -0.39 is 0 Å². The molecule has 26 heavy (non-hydrogen) atoms. The van der Waals surface area contributed by atoms with Crippen molar-refractivity contribution in [3.63, 3.8) is 0 Å². The fourth-order valence-corrected chi connectivity index (χ4v) is 5.66. The minimum Gasteiger partial charge on any atom is -0.411 e. The van der Waals surface area contributed by atoms with Gasteiger partial charge < -0.3 is 10.4 Å². The molecule has 0 bridgehead atoms. The van der Waals surface area contributed by atoms with Crippen LogP contribution in [0.25, 0.3) is 0 Å². The maximum atomic E-state index is 9.98. The van der Waals surface area contributed by atoms with E-state index in [1.807, 2.05) is 0 Å². The minimum absolute atomic E-state index is 0.194. The second kappa shape index (κ2) is 9.23. The smallest absolute Gasteiger partial charge is 0.108 e. The Morgan fingerprint density at radius 1 is 0.692 bits per heavy atom. The van der Waals surface area contributed by atoms with Gasteiger partial charge in [0.15, 0.2) is 0 Å². The third-order valence-corrected chi connectivity index (χ3v) is 7.22. The molecule has 2 aliphatic rings. The van der Waals surface area contributed by atoms with Gasteiger partial charge in [0, 0.05) is 11.8 Å². The van der Waals surface area contributed by atoms with Crippen molar-refractivity contribution in [2.24, 2.45) is 57.7 Å². The Labute approximate surface area is 160 Å². The van der Waals surface area contributed by atoms with E-state index in [0.29, 0.717) is 46.9 Å². The fourth-order valence-electron chi connectivity index (χ4n) is 5.66. The maximum absolute atomic E-state index is 9.98. The van der Waals surface area contributed by atoms with E-state index >= 15 is 0 Å². The zero-order chi connectivity index (χ0) is 19.4. The summed E-state index contributed by atoms with van der Waals surface area (Å²) >= 11 is 0. The van der Waals surface area contributed by atoms with Crippen molar-refractivity contribution in [3.05, 3.63) is 0 Å². The van der Waals surface area contributed by atoms with Crippen molar-refractivity contribution < 1.29 is 10.4 Å². The molecule has 4 heteroatoms. The second-order valence-corrected chi connectivity index (χ2v) is 9.84. The lowest BCUT2D eigenvalue weighted by Crippen LogP contribution is -2.43. The summed E-state index contributed by atoms with van der Waals surface area (Å²) in [6.45, 7) is 13.6. The second-order valence-electron chi connectivity index (χ2n) is 9.84.